The van der Waals surface area contributed by atoms with Crippen molar-refractivity contribution in [3.05, 3.63) is 0 Å². The van der Waals surface area contributed by atoms with E-state index in [2.05, 4.69) is 5.92 Å². The van der Waals surface area contributed by atoms with E-state index >= 15 is 0 Å². The summed E-state index contributed by atoms with van der Waals surface area (Å²) in [5, 5.41) is 0. The number of hydrogen-bond acceptors (Lipinski definition) is 11. The van der Waals surface area contributed by atoms with Crippen LogP contribution in [0.1, 0.15) is 13.8 Å². The van der Waals surface area contributed by atoms with E-state index in [-0.39, 0.29) is 6.16 Å². The fourth-order valence-electron chi connectivity index (χ4n) is 2.41. The summed E-state index contributed by atoms with van der Waals surface area (Å²) in [4.78, 5) is 0. The molecule has 0 spiro atoms. The summed E-state index contributed by atoms with van der Waals surface area (Å²) in [5.74, 6) is 2.39. The lowest BCUT2D eigenvalue weighted by Crippen LogP contribution is -2.15. The highest BCUT2D eigenvalue weighted by Crippen LogP contribution is 2.47. The van der Waals surface area contributed by atoms with Crippen molar-refractivity contribution in [2.24, 2.45) is 0 Å². The highest BCUT2D eigenvalue weighted by atomic mass is 31.2. The molecule has 0 aromatic rings. The Hall–Kier alpha value is -0.610. The van der Waals surface area contributed by atoms with Crippen molar-refractivity contribution in [1.82, 2.24) is 0 Å². The lowest BCUT2D eigenvalue weighted by Gasteiger charge is -2.16. The molecule has 0 saturated carbocycles. The number of ether oxygens (including phenoxy) is 8. The zero-order valence-corrected chi connectivity index (χ0v) is 22.3. The van der Waals surface area contributed by atoms with Crippen LogP contribution < -0.4 is 0 Å². The van der Waals surface area contributed by atoms with Crippen molar-refractivity contribution in [2.45, 2.75) is 13.8 Å². The zero-order valence-electron chi connectivity index (χ0n) is 21.5. The fourth-order valence-corrected chi connectivity index (χ4v) is 3.88. The topological polar surface area (TPSA) is 109 Å². The molecule has 0 unspecified atom stereocenters. The molecule has 0 aromatic heterocycles. The molecule has 12 heteroatoms. The summed E-state index contributed by atoms with van der Waals surface area (Å²) in [7, 11) is -3.04. The van der Waals surface area contributed by atoms with Gasteiger partial charge in [-0.15, -0.1) is 6.42 Å². The van der Waals surface area contributed by atoms with Gasteiger partial charge in [0.05, 0.1) is 118 Å². The van der Waals surface area contributed by atoms with E-state index in [0.717, 1.165) is 0 Å². The van der Waals surface area contributed by atoms with Crippen LogP contribution in [0.3, 0.4) is 0 Å². The molecule has 0 heterocycles. The van der Waals surface area contributed by atoms with Crippen molar-refractivity contribution in [3.63, 3.8) is 0 Å². The van der Waals surface area contributed by atoms with Gasteiger partial charge in [-0.2, -0.15) is 0 Å². The van der Waals surface area contributed by atoms with Gasteiger partial charge in [0.25, 0.3) is 0 Å². The summed E-state index contributed by atoms with van der Waals surface area (Å²) in [6.45, 7) is 11.6. The minimum atomic E-state index is -3.04. The molecule has 0 saturated heterocycles. The lowest BCUT2D eigenvalue weighted by atomic mass is 10.6. The first kappa shape index (κ1) is 34.4. The van der Waals surface area contributed by atoms with E-state index in [1.165, 1.54) is 0 Å². The third-order valence-electron chi connectivity index (χ3n) is 3.95. The van der Waals surface area contributed by atoms with E-state index in [1.54, 1.807) is 13.8 Å². The van der Waals surface area contributed by atoms with Crippen LogP contribution in [0, 0.1) is 12.3 Å². The molecular weight excluding hydrogens is 483 g/mol. The van der Waals surface area contributed by atoms with Gasteiger partial charge in [-0.3, -0.25) is 4.57 Å². The standard InChI is InChI=1S/C23H45O11P/c1-4-7-25-8-9-26-10-11-27-12-13-28-14-15-29-16-17-30-18-19-31-20-21-32-22-23-35(24,33-5-2)34-6-3/h1H,5-23H2,2-3H3. The molecule has 0 rings (SSSR count). The van der Waals surface area contributed by atoms with Gasteiger partial charge in [0.1, 0.15) is 6.61 Å². The van der Waals surface area contributed by atoms with Crippen LogP contribution in [0.15, 0.2) is 0 Å². The summed E-state index contributed by atoms with van der Waals surface area (Å²) >= 11 is 0. The van der Waals surface area contributed by atoms with Crippen molar-refractivity contribution in [1.29, 1.82) is 0 Å². The second-order valence-corrected chi connectivity index (χ2v) is 8.90. The first-order valence-corrected chi connectivity index (χ1v) is 13.8. The average Bonchev–Trinajstić information content (AvgIpc) is 2.84. The molecule has 208 valence electrons. The van der Waals surface area contributed by atoms with Crippen molar-refractivity contribution in [3.8, 4) is 12.3 Å². The number of terminal acetylenes is 1. The Labute approximate surface area is 210 Å². The number of rotatable bonds is 29. The van der Waals surface area contributed by atoms with Gasteiger partial charge in [-0.25, -0.2) is 0 Å². The Kier molecular flexibility index (Phi) is 27.5. The second kappa shape index (κ2) is 28.0. The molecular formula is C23H45O11P. The van der Waals surface area contributed by atoms with E-state index in [1.807, 2.05) is 0 Å². The predicted octanol–water partition coefficient (Wildman–Crippen LogP) is 2.02. The summed E-state index contributed by atoms with van der Waals surface area (Å²) < 4.78 is 65.5. The average molecular weight is 529 g/mol. The smallest absolute Gasteiger partial charge is 0.332 e. The van der Waals surface area contributed by atoms with Crippen LogP contribution in [0.25, 0.3) is 0 Å². The monoisotopic (exact) mass is 528 g/mol. The Balaban J connectivity index is 3.18. The highest BCUT2D eigenvalue weighted by molar-refractivity contribution is 7.53. The number of hydrogen-bond donors (Lipinski definition) is 0. The van der Waals surface area contributed by atoms with Crippen LogP contribution >= 0.6 is 7.60 Å². The van der Waals surface area contributed by atoms with E-state index in [4.69, 9.17) is 53.4 Å². The third-order valence-corrected chi connectivity index (χ3v) is 5.98. The van der Waals surface area contributed by atoms with Crippen molar-refractivity contribution >= 4 is 7.60 Å². The van der Waals surface area contributed by atoms with Gasteiger partial charge in [0.2, 0.25) is 0 Å². The molecule has 0 fully saturated rings. The minimum absolute atomic E-state index is 0.234. The summed E-state index contributed by atoms with van der Waals surface area (Å²) in [6, 6.07) is 0. The maximum atomic E-state index is 12.2. The van der Waals surface area contributed by atoms with Gasteiger partial charge in [0.15, 0.2) is 0 Å². The maximum Gasteiger partial charge on any atom is 0.332 e. The van der Waals surface area contributed by atoms with Gasteiger partial charge in [0, 0.05) is 0 Å². The third kappa shape index (κ3) is 26.3. The molecule has 0 radical (unpaired) electrons. The van der Waals surface area contributed by atoms with E-state index in [0.29, 0.717) is 119 Å². The Morgan fingerprint density at radius 2 is 0.800 bits per heavy atom. The normalized spacial score (nSPS) is 11.7. The maximum absolute atomic E-state index is 12.2. The lowest BCUT2D eigenvalue weighted by molar-refractivity contribution is -0.0222. The molecule has 35 heavy (non-hydrogen) atoms. The molecule has 0 amide bonds. The first-order chi connectivity index (χ1) is 17.2. The van der Waals surface area contributed by atoms with Crippen LogP contribution in [-0.4, -0.2) is 125 Å². The fraction of sp³-hybridized carbons (Fsp3) is 0.913. The molecule has 0 bridgehead atoms. The molecule has 11 nitrogen and oxygen atoms in total. The molecule has 0 atom stereocenters. The summed E-state index contributed by atoms with van der Waals surface area (Å²) in [5.41, 5.74) is 0. The zero-order chi connectivity index (χ0) is 25.7. The summed E-state index contributed by atoms with van der Waals surface area (Å²) in [6.07, 6.45) is 5.30. The molecule has 0 aliphatic carbocycles. The Bertz CT molecular complexity index is 506. The largest absolute Gasteiger partial charge is 0.378 e. The Morgan fingerprint density at radius 1 is 0.514 bits per heavy atom. The molecule has 0 aliphatic rings. The Morgan fingerprint density at radius 3 is 1.09 bits per heavy atom. The highest BCUT2D eigenvalue weighted by Gasteiger charge is 2.22. The minimum Gasteiger partial charge on any atom is -0.378 e. The SMILES string of the molecule is C#CCOCCOCCOCCOCCOCCOCCOCCOCCP(=O)(OCC)OCC. The quantitative estimate of drug-likeness (QED) is 0.0808. The molecule has 0 aromatic carbocycles. The van der Waals surface area contributed by atoms with Gasteiger partial charge in [-0.05, 0) is 13.8 Å². The van der Waals surface area contributed by atoms with Gasteiger partial charge < -0.3 is 46.9 Å². The van der Waals surface area contributed by atoms with Crippen molar-refractivity contribution in [2.75, 3.05) is 125 Å². The van der Waals surface area contributed by atoms with Crippen LogP contribution in [0.5, 0.6) is 0 Å². The van der Waals surface area contributed by atoms with E-state index < -0.39 is 7.60 Å². The van der Waals surface area contributed by atoms with Crippen molar-refractivity contribution < 1.29 is 51.5 Å². The predicted molar refractivity (Wildman–Crippen MR) is 131 cm³/mol. The van der Waals surface area contributed by atoms with Gasteiger partial charge >= 0.3 is 7.60 Å². The molecule has 0 N–H and O–H groups in total. The first-order valence-electron chi connectivity index (χ1n) is 12.1. The van der Waals surface area contributed by atoms with E-state index in [9.17, 15) is 4.57 Å². The van der Waals surface area contributed by atoms with Gasteiger partial charge in [-0.1, -0.05) is 5.92 Å². The van der Waals surface area contributed by atoms with Crippen LogP contribution in [0.4, 0.5) is 0 Å². The van der Waals surface area contributed by atoms with Crippen LogP contribution in [-0.2, 0) is 51.5 Å². The van der Waals surface area contributed by atoms with Crippen LogP contribution in [0.2, 0.25) is 0 Å². The second-order valence-electron chi connectivity index (χ2n) is 6.71. The molecule has 0 aliphatic heterocycles.